The van der Waals surface area contributed by atoms with E-state index < -0.39 is 5.82 Å². The Bertz CT molecular complexity index is 1420. The van der Waals surface area contributed by atoms with E-state index in [-0.39, 0.29) is 11.6 Å². The monoisotopic (exact) mass is 459 g/mol. The molecule has 34 heavy (non-hydrogen) atoms. The SMILES string of the molecule is CC.COc1cc2c(Oc3ccc4[nH]c(C)cc4c3F)ncnc2cc1OCc1ccccc1. The number of ether oxygens (including phenoxy) is 3. The largest absolute Gasteiger partial charge is 0.493 e. The van der Waals surface area contributed by atoms with Crippen molar-refractivity contribution in [3.05, 3.63) is 84.1 Å². The molecule has 0 amide bonds. The fourth-order valence-electron chi connectivity index (χ4n) is 3.60. The van der Waals surface area contributed by atoms with E-state index in [1.54, 1.807) is 37.4 Å². The first-order valence-corrected chi connectivity index (χ1v) is 11.1. The Labute approximate surface area is 197 Å². The third kappa shape index (κ3) is 4.64. The predicted molar refractivity (Wildman–Crippen MR) is 131 cm³/mol. The van der Waals surface area contributed by atoms with E-state index >= 15 is 4.39 Å². The lowest BCUT2D eigenvalue weighted by atomic mass is 10.2. The number of aromatic nitrogens is 3. The molecule has 5 rings (SSSR count). The van der Waals surface area contributed by atoms with E-state index in [1.807, 2.05) is 51.1 Å². The van der Waals surface area contributed by atoms with Crippen molar-refractivity contribution in [1.82, 2.24) is 15.0 Å². The smallest absolute Gasteiger partial charge is 0.230 e. The second kappa shape index (κ2) is 10.2. The zero-order valence-electron chi connectivity index (χ0n) is 19.6. The van der Waals surface area contributed by atoms with Gasteiger partial charge in [0.1, 0.15) is 12.9 Å². The highest BCUT2D eigenvalue weighted by Gasteiger charge is 2.16. The molecule has 0 saturated carbocycles. The van der Waals surface area contributed by atoms with E-state index in [2.05, 4.69) is 15.0 Å². The minimum absolute atomic E-state index is 0.0832. The average molecular weight is 460 g/mol. The number of nitrogens with one attached hydrogen (secondary N) is 1. The van der Waals surface area contributed by atoms with Crippen molar-refractivity contribution in [2.75, 3.05) is 7.11 Å². The van der Waals surface area contributed by atoms with Crippen molar-refractivity contribution < 1.29 is 18.6 Å². The number of H-pyrrole nitrogens is 1. The quantitative estimate of drug-likeness (QED) is 0.297. The van der Waals surface area contributed by atoms with Crippen LogP contribution in [0, 0.1) is 12.7 Å². The minimum atomic E-state index is -0.451. The highest BCUT2D eigenvalue weighted by atomic mass is 19.1. The number of hydrogen-bond donors (Lipinski definition) is 1. The second-order valence-corrected chi connectivity index (χ2v) is 7.37. The maximum atomic E-state index is 15.0. The standard InChI is InChI=1S/C25H20FN3O3.C2H6/c1-15-10-17-19(29-15)8-9-21(24(17)26)32-25-18-11-22(30-2)23(12-20(18)27-14-28-25)31-13-16-6-4-3-5-7-16;1-2/h3-12,14,29H,13H2,1-2H3;1-2H3. The Balaban J connectivity index is 0.00000133. The van der Waals surface area contributed by atoms with Gasteiger partial charge in [0.25, 0.3) is 0 Å². The molecule has 0 aliphatic rings. The Hall–Kier alpha value is -4.13. The van der Waals surface area contributed by atoms with Gasteiger partial charge in [-0.15, -0.1) is 0 Å². The molecule has 3 aromatic carbocycles. The minimum Gasteiger partial charge on any atom is -0.493 e. The number of benzene rings is 3. The number of aryl methyl sites for hydroxylation is 1. The molecule has 2 heterocycles. The first-order valence-electron chi connectivity index (χ1n) is 11.1. The molecule has 0 unspecified atom stereocenters. The molecule has 7 heteroatoms. The lowest BCUT2D eigenvalue weighted by molar-refractivity contribution is 0.285. The lowest BCUT2D eigenvalue weighted by Gasteiger charge is -2.13. The van der Waals surface area contributed by atoms with Gasteiger partial charge < -0.3 is 19.2 Å². The number of hydrogen-bond acceptors (Lipinski definition) is 5. The molecular formula is C27H26FN3O3. The second-order valence-electron chi connectivity index (χ2n) is 7.37. The molecule has 0 aliphatic heterocycles. The van der Waals surface area contributed by atoms with E-state index in [0.29, 0.717) is 39.9 Å². The molecule has 174 valence electrons. The van der Waals surface area contributed by atoms with Crippen molar-refractivity contribution in [2.24, 2.45) is 0 Å². The van der Waals surface area contributed by atoms with E-state index in [4.69, 9.17) is 14.2 Å². The van der Waals surface area contributed by atoms with Crippen LogP contribution >= 0.6 is 0 Å². The highest BCUT2D eigenvalue weighted by Crippen LogP contribution is 2.37. The third-order valence-electron chi connectivity index (χ3n) is 5.16. The summed E-state index contributed by atoms with van der Waals surface area (Å²) in [4.78, 5) is 11.7. The van der Waals surface area contributed by atoms with Gasteiger partial charge in [-0.2, -0.15) is 0 Å². The maximum Gasteiger partial charge on any atom is 0.230 e. The van der Waals surface area contributed by atoms with Crippen LogP contribution < -0.4 is 14.2 Å². The average Bonchev–Trinajstić information content (AvgIpc) is 3.27. The summed E-state index contributed by atoms with van der Waals surface area (Å²) in [6.07, 6.45) is 1.38. The van der Waals surface area contributed by atoms with Gasteiger partial charge in [-0.3, -0.25) is 0 Å². The number of methoxy groups -OCH3 is 1. The summed E-state index contributed by atoms with van der Waals surface area (Å²) in [6, 6.07) is 18.4. The zero-order valence-corrected chi connectivity index (χ0v) is 19.6. The molecule has 0 spiro atoms. The van der Waals surface area contributed by atoms with Crippen molar-refractivity contribution >= 4 is 21.8 Å². The van der Waals surface area contributed by atoms with Gasteiger partial charge in [-0.05, 0) is 36.8 Å². The fourth-order valence-corrected chi connectivity index (χ4v) is 3.60. The molecule has 2 aromatic heterocycles. The van der Waals surface area contributed by atoms with Crippen LogP contribution in [0.2, 0.25) is 0 Å². The van der Waals surface area contributed by atoms with Gasteiger partial charge in [-0.25, -0.2) is 14.4 Å². The predicted octanol–water partition coefficient (Wildman–Crippen LogP) is 6.96. The Morgan fingerprint density at radius 3 is 2.44 bits per heavy atom. The van der Waals surface area contributed by atoms with Gasteiger partial charge in [0.2, 0.25) is 5.88 Å². The Kier molecular flexibility index (Phi) is 6.92. The summed E-state index contributed by atoms with van der Waals surface area (Å²) in [5, 5.41) is 1.05. The maximum absolute atomic E-state index is 15.0. The van der Waals surface area contributed by atoms with Gasteiger partial charge in [0.05, 0.1) is 18.0 Å². The topological polar surface area (TPSA) is 69.3 Å². The summed E-state index contributed by atoms with van der Waals surface area (Å²) in [7, 11) is 1.56. The van der Waals surface area contributed by atoms with E-state index in [0.717, 1.165) is 11.3 Å². The molecule has 0 bridgehead atoms. The number of aromatic amines is 1. The molecular weight excluding hydrogens is 433 g/mol. The number of halogens is 1. The van der Waals surface area contributed by atoms with Crippen LogP contribution in [0.4, 0.5) is 4.39 Å². The van der Waals surface area contributed by atoms with Crippen molar-refractivity contribution in [1.29, 1.82) is 0 Å². The normalized spacial score (nSPS) is 10.6. The summed E-state index contributed by atoms with van der Waals surface area (Å²) in [6.45, 7) is 6.26. The van der Waals surface area contributed by atoms with Crippen LogP contribution in [0.1, 0.15) is 25.1 Å². The summed E-state index contributed by atoms with van der Waals surface area (Å²) in [5.41, 5.74) is 3.21. The van der Waals surface area contributed by atoms with Crippen molar-refractivity contribution in [3.8, 4) is 23.1 Å². The molecule has 1 N–H and O–H groups in total. The number of rotatable bonds is 6. The molecule has 0 radical (unpaired) electrons. The first kappa shape index (κ1) is 23.0. The molecule has 0 aliphatic carbocycles. The summed E-state index contributed by atoms with van der Waals surface area (Å²) in [5.74, 6) is 0.913. The van der Waals surface area contributed by atoms with Gasteiger partial charge in [0.15, 0.2) is 23.1 Å². The number of nitrogens with zero attached hydrogens (tertiary/aromatic N) is 2. The van der Waals surface area contributed by atoms with Crippen LogP contribution in [0.15, 0.2) is 67.0 Å². The van der Waals surface area contributed by atoms with Crippen LogP contribution in [-0.2, 0) is 6.61 Å². The fraction of sp³-hybridized carbons (Fsp3) is 0.185. The first-order chi connectivity index (χ1) is 16.6. The highest BCUT2D eigenvalue weighted by molar-refractivity contribution is 5.87. The van der Waals surface area contributed by atoms with Crippen molar-refractivity contribution in [3.63, 3.8) is 0 Å². The lowest BCUT2D eigenvalue weighted by Crippen LogP contribution is -1.99. The van der Waals surface area contributed by atoms with Gasteiger partial charge in [0, 0.05) is 22.7 Å². The summed E-state index contributed by atoms with van der Waals surface area (Å²) >= 11 is 0. The van der Waals surface area contributed by atoms with Gasteiger partial charge in [-0.1, -0.05) is 44.2 Å². The zero-order chi connectivity index (χ0) is 24.1. The Morgan fingerprint density at radius 2 is 1.68 bits per heavy atom. The van der Waals surface area contributed by atoms with E-state index in [9.17, 15) is 0 Å². The van der Waals surface area contributed by atoms with Crippen molar-refractivity contribution in [2.45, 2.75) is 27.4 Å². The van der Waals surface area contributed by atoms with Gasteiger partial charge >= 0.3 is 0 Å². The third-order valence-corrected chi connectivity index (χ3v) is 5.16. The molecule has 0 atom stereocenters. The van der Waals surface area contributed by atoms with Crippen LogP contribution in [-0.4, -0.2) is 22.1 Å². The van der Waals surface area contributed by atoms with Crippen LogP contribution in [0.3, 0.4) is 0 Å². The molecule has 0 saturated heterocycles. The Morgan fingerprint density at radius 1 is 0.882 bits per heavy atom. The number of fused-ring (bicyclic) bond motifs is 2. The molecule has 0 fully saturated rings. The van der Waals surface area contributed by atoms with E-state index in [1.165, 1.54) is 6.33 Å². The summed E-state index contributed by atoms with van der Waals surface area (Å²) < 4.78 is 32.4. The van der Waals surface area contributed by atoms with Crippen LogP contribution in [0.25, 0.3) is 21.8 Å². The molecule has 6 nitrogen and oxygen atoms in total. The molecule has 5 aromatic rings. The van der Waals surface area contributed by atoms with Crippen LogP contribution in [0.5, 0.6) is 23.1 Å².